The average Bonchev–Trinajstić information content (AvgIpc) is 2.52. The fourth-order valence-electron chi connectivity index (χ4n) is 2.22. The minimum Gasteiger partial charge on any atom is -0.389 e. The molecular weight excluding hydrogens is 186 g/mol. The first-order valence-corrected chi connectivity index (χ1v) is 5.42. The Hall–Kier alpha value is -1.28. The lowest BCUT2D eigenvalue weighted by molar-refractivity contribution is 0.201. The van der Waals surface area contributed by atoms with Crippen LogP contribution in [0.25, 0.3) is 10.9 Å². The maximum absolute atomic E-state index is 9.69. The standard InChI is InChI=1S/C13H17NO/c1-4-14-9(2)8-12-11(10(3)15)6-5-7-13(12)14/h5-8,10,15H,4H2,1-3H3. The van der Waals surface area contributed by atoms with Crippen LogP contribution < -0.4 is 0 Å². The van der Waals surface area contributed by atoms with Gasteiger partial charge in [-0.2, -0.15) is 0 Å². The molecule has 0 radical (unpaired) electrons. The highest BCUT2D eigenvalue weighted by molar-refractivity contribution is 5.85. The van der Waals surface area contributed by atoms with Crippen LogP contribution >= 0.6 is 0 Å². The Morgan fingerprint density at radius 2 is 2.13 bits per heavy atom. The van der Waals surface area contributed by atoms with E-state index >= 15 is 0 Å². The molecule has 0 fully saturated rings. The van der Waals surface area contributed by atoms with Gasteiger partial charge in [-0.1, -0.05) is 12.1 Å². The monoisotopic (exact) mass is 203 g/mol. The van der Waals surface area contributed by atoms with Crippen LogP contribution in [0, 0.1) is 6.92 Å². The molecule has 2 heteroatoms. The van der Waals surface area contributed by atoms with Gasteiger partial charge in [-0.05, 0) is 38.5 Å². The molecule has 0 amide bonds. The number of aliphatic hydroxyl groups is 1. The van der Waals surface area contributed by atoms with Crippen LogP contribution in [0.1, 0.15) is 31.2 Å². The number of benzene rings is 1. The van der Waals surface area contributed by atoms with Crippen molar-refractivity contribution in [3.05, 3.63) is 35.5 Å². The summed E-state index contributed by atoms with van der Waals surface area (Å²) in [5.74, 6) is 0. The zero-order valence-electron chi connectivity index (χ0n) is 9.49. The van der Waals surface area contributed by atoms with E-state index in [-0.39, 0.29) is 0 Å². The Balaban J connectivity index is 2.77. The predicted molar refractivity (Wildman–Crippen MR) is 63.0 cm³/mol. The zero-order chi connectivity index (χ0) is 11.0. The molecule has 0 saturated carbocycles. The third-order valence-corrected chi connectivity index (χ3v) is 2.95. The number of aryl methyl sites for hydroxylation is 2. The first-order chi connectivity index (χ1) is 7.15. The Labute approximate surface area is 90.2 Å². The molecule has 0 aliphatic carbocycles. The molecule has 2 rings (SSSR count). The average molecular weight is 203 g/mol. The summed E-state index contributed by atoms with van der Waals surface area (Å²) in [7, 11) is 0. The topological polar surface area (TPSA) is 25.2 Å². The second-order valence-electron chi connectivity index (χ2n) is 3.99. The second kappa shape index (κ2) is 3.70. The molecule has 2 aromatic rings. The highest BCUT2D eigenvalue weighted by Gasteiger charge is 2.10. The first-order valence-electron chi connectivity index (χ1n) is 5.42. The molecule has 1 aromatic heterocycles. The number of aliphatic hydroxyl groups excluding tert-OH is 1. The van der Waals surface area contributed by atoms with Crippen molar-refractivity contribution >= 4 is 10.9 Å². The van der Waals surface area contributed by atoms with Crippen molar-refractivity contribution in [1.29, 1.82) is 0 Å². The van der Waals surface area contributed by atoms with E-state index in [9.17, 15) is 5.11 Å². The fourth-order valence-corrected chi connectivity index (χ4v) is 2.22. The number of hydrogen-bond acceptors (Lipinski definition) is 1. The second-order valence-corrected chi connectivity index (χ2v) is 3.99. The van der Waals surface area contributed by atoms with Crippen molar-refractivity contribution in [2.75, 3.05) is 0 Å². The van der Waals surface area contributed by atoms with Crippen molar-refractivity contribution in [2.24, 2.45) is 0 Å². The van der Waals surface area contributed by atoms with Crippen molar-refractivity contribution in [2.45, 2.75) is 33.4 Å². The van der Waals surface area contributed by atoms with Gasteiger partial charge in [0.05, 0.1) is 6.10 Å². The van der Waals surface area contributed by atoms with Crippen LogP contribution in [0.15, 0.2) is 24.3 Å². The Morgan fingerprint density at radius 1 is 1.40 bits per heavy atom. The largest absolute Gasteiger partial charge is 0.389 e. The van der Waals surface area contributed by atoms with Crippen molar-refractivity contribution in [3.8, 4) is 0 Å². The van der Waals surface area contributed by atoms with Crippen LogP contribution in [-0.4, -0.2) is 9.67 Å². The Morgan fingerprint density at radius 3 is 2.73 bits per heavy atom. The quantitative estimate of drug-likeness (QED) is 0.797. The summed E-state index contributed by atoms with van der Waals surface area (Å²) in [6.07, 6.45) is -0.402. The van der Waals surface area contributed by atoms with E-state index in [4.69, 9.17) is 0 Å². The molecule has 80 valence electrons. The predicted octanol–water partition coefficient (Wildman–Crippen LogP) is 3.02. The maximum Gasteiger partial charge on any atom is 0.0768 e. The Bertz CT molecular complexity index is 482. The number of rotatable bonds is 2. The van der Waals surface area contributed by atoms with Gasteiger partial charge in [-0.25, -0.2) is 0 Å². The van der Waals surface area contributed by atoms with E-state index in [0.29, 0.717) is 0 Å². The lowest BCUT2D eigenvalue weighted by Crippen LogP contribution is -1.96. The number of nitrogens with zero attached hydrogens (tertiary/aromatic N) is 1. The third-order valence-electron chi connectivity index (χ3n) is 2.95. The van der Waals surface area contributed by atoms with E-state index in [0.717, 1.165) is 12.1 Å². The van der Waals surface area contributed by atoms with E-state index in [1.807, 2.05) is 19.1 Å². The minimum atomic E-state index is -0.402. The van der Waals surface area contributed by atoms with Gasteiger partial charge in [0.2, 0.25) is 0 Å². The van der Waals surface area contributed by atoms with Gasteiger partial charge in [0.25, 0.3) is 0 Å². The Kier molecular flexibility index (Phi) is 2.53. The van der Waals surface area contributed by atoms with Gasteiger partial charge >= 0.3 is 0 Å². The smallest absolute Gasteiger partial charge is 0.0768 e. The molecule has 0 spiro atoms. The molecule has 0 saturated heterocycles. The van der Waals surface area contributed by atoms with Gasteiger partial charge in [-0.3, -0.25) is 0 Å². The highest BCUT2D eigenvalue weighted by Crippen LogP contribution is 2.27. The summed E-state index contributed by atoms with van der Waals surface area (Å²) in [6.45, 7) is 7.03. The number of aromatic nitrogens is 1. The molecule has 1 heterocycles. The summed E-state index contributed by atoms with van der Waals surface area (Å²) >= 11 is 0. The van der Waals surface area contributed by atoms with Crippen LogP contribution in [0.5, 0.6) is 0 Å². The molecule has 1 atom stereocenters. The zero-order valence-corrected chi connectivity index (χ0v) is 9.49. The molecule has 0 bridgehead atoms. The lowest BCUT2D eigenvalue weighted by Gasteiger charge is -2.07. The summed E-state index contributed by atoms with van der Waals surface area (Å²) in [6, 6.07) is 8.26. The fraction of sp³-hybridized carbons (Fsp3) is 0.385. The van der Waals surface area contributed by atoms with Crippen LogP contribution in [0.4, 0.5) is 0 Å². The molecule has 1 unspecified atom stereocenters. The lowest BCUT2D eigenvalue weighted by atomic mass is 10.1. The van der Waals surface area contributed by atoms with E-state index in [2.05, 4.69) is 30.5 Å². The summed E-state index contributed by atoms with van der Waals surface area (Å²) in [4.78, 5) is 0. The SMILES string of the molecule is CCn1c(C)cc2c(C(C)O)cccc21. The molecule has 2 nitrogen and oxygen atoms in total. The third kappa shape index (κ3) is 1.55. The number of hydrogen-bond donors (Lipinski definition) is 1. The minimum absolute atomic E-state index is 0.402. The van der Waals surface area contributed by atoms with Gasteiger partial charge < -0.3 is 9.67 Å². The van der Waals surface area contributed by atoms with Crippen molar-refractivity contribution < 1.29 is 5.11 Å². The van der Waals surface area contributed by atoms with Crippen molar-refractivity contribution in [1.82, 2.24) is 4.57 Å². The van der Waals surface area contributed by atoms with E-state index in [1.165, 1.54) is 16.6 Å². The van der Waals surface area contributed by atoms with E-state index < -0.39 is 6.10 Å². The molecule has 1 aromatic carbocycles. The van der Waals surface area contributed by atoms with Crippen LogP contribution in [-0.2, 0) is 6.54 Å². The summed E-state index contributed by atoms with van der Waals surface area (Å²) in [5.41, 5.74) is 3.48. The highest BCUT2D eigenvalue weighted by atomic mass is 16.3. The number of fused-ring (bicyclic) bond motifs is 1. The maximum atomic E-state index is 9.69. The molecular formula is C13H17NO. The summed E-state index contributed by atoms with van der Waals surface area (Å²) in [5, 5.41) is 10.9. The molecule has 1 N–H and O–H groups in total. The first kappa shape index (κ1) is 10.2. The van der Waals surface area contributed by atoms with Gasteiger partial charge in [-0.15, -0.1) is 0 Å². The molecule has 0 aliphatic rings. The van der Waals surface area contributed by atoms with E-state index in [1.54, 1.807) is 0 Å². The summed E-state index contributed by atoms with van der Waals surface area (Å²) < 4.78 is 2.27. The van der Waals surface area contributed by atoms with Gasteiger partial charge in [0.15, 0.2) is 0 Å². The van der Waals surface area contributed by atoms with Gasteiger partial charge in [0.1, 0.15) is 0 Å². The molecule has 0 aliphatic heterocycles. The van der Waals surface area contributed by atoms with Gasteiger partial charge in [0, 0.05) is 23.1 Å². The normalized spacial score (nSPS) is 13.3. The van der Waals surface area contributed by atoms with Crippen molar-refractivity contribution in [3.63, 3.8) is 0 Å². The molecule has 15 heavy (non-hydrogen) atoms. The van der Waals surface area contributed by atoms with Crippen LogP contribution in [0.2, 0.25) is 0 Å². The van der Waals surface area contributed by atoms with Crippen LogP contribution in [0.3, 0.4) is 0 Å².